The van der Waals surface area contributed by atoms with Crippen LogP contribution in [0.25, 0.3) is 5.65 Å². The average molecular weight is 294 g/mol. The van der Waals surface area contributed by atoms with Gasteiger partial charge in [0.1, 0.15) is 11.5 Å². The second kappa shape index (κ2) is 5.77. The smallest absolute Gasteiger partial charge is 0.261 e. The van der Waals surface area contributed by atoms with Gasteiger partial charge in [-0.15, -0.1) is 0 Å². The van der Waals surface area contributed by atoms with E-state index in [0.717, 1.165) is 0 Å². The van der Waals surface area contributed by atoms with Crippen LogP contribution in [-0.2, 0) is 11.2 Å². The molecular weight excluding hydrogens is 280 g/mol. The number of anilines is 1. The first kappa shape index (κ1) is 13.9. The van der Waals surface area contributed by atoms with Gasteiger partial charge in [0.05, 0.1) is 6.42 Å². The molecule has 0 atom stereocenters. The normalized spacial score (nSPS) is 10.6. The Labute approximate surface area is 126 Å². The fourth-order valence-electron chi connectivity index (χ4n) is 2.22. The maximum atomic E-state index is 12.5. The molecule has 0 aromatic carbocycles. The van der Waals surface area contributed by atoms with Crippen molar-refractivity contribution in [2.75, 3.05) is 5.32 Å². The monoisotopic (exact) mass is 294 g/mol. The van der Waals surface area contributed by atoms with Crippen molar-refractivity contribution in [3.63, 3.8) is 0 Å². The van der Waals surface area contributed by atoms with Crippen molar-refractivity contribution in [3.05, 3.63) is 70.4 Å². The number of carbonyl (C=O) groups excluding carboxylic acids is 1. The van der Waals surface area contributed by atoms with Crippen LogP contribution in [-0.4, -0.2) is 20.3 Å². The summed E-state index contributed by atoms with van der Waals surface area (Å²) in [7, 11) is 0. The van der Waals surface area contributed by atoms with Crippen LogP contribution in [0.4, 0.5) is 5.82 Å². The van der Waals surface area contributed by atoms with E-state index in [-0.39, 0.29) is 17.9 Å². The quantitative estimate of drug-likeness (QED) is 0.795. The van der Waals surface area contributed by atoms with Crippen molar-refractivity contribution in [1.29, 1.82) is 0 Å². The number of aromatic nitrogens is 3. The first-order valence-corrected chi connectivity index (χ1v) is 6.83. The molecule has 3 rings (SSSR count). The largest absolute Gasteiger partial charge is 0.310 e. The Hall–Kier alpha value is -3.02. The van der Waals surface area contributed by atoms with Gasteiger partial charge in [0.15, 0.2) is 0 Å². The Morgan fingerprint density at radius 1 is 1.23 bits per heavy atom. The third-order valence-corrected chi connectivity index (χ3v) is 3.30. The molecule has 0 aliphatic heterocycles. The summed E-state index contributed by atoms with van der Waals surface area (Å²) in [5.41, 5.74) is 1.29. The van der Waals surface area contributed by atoms with E-state index in [2.05, 4.69) is 15.3 Å². The summed E-state index contributed by atoms with van der Waals surface area (Å²) in [6.45, 7) is 1.73. The standard InChI is InChI=1S/C16H14N4O2/c1-11-12(10-15(21)19-13-6-2-4-8-17-13)16(22)20-9-5-3-7-14(20)18-11/h2-9H,10H2,1H3,(H,17,19,21). The van der Waals surface area contributed by atoms with Gasteiger partial charge >= 0.3 is 0 Å². The number of amides is 1. The predicted octanol–water partition coefficient (Wildman–Crippen LogP) is 1.58. The van der Waals surface area contributed by atoms with Gasteiger partial charge in [0, 0.05) is 23.7 Å². The Morgan fingerprint density at radius 2 is 2.05 bits per heavy atom. The molecule has 6 heteroatoms. The molecule has 110 valence electrons. The molecule has 22 heavy (non-hydrogen) atoms. The van der Waals surface area contributed by atoms with Gasteiger partial charge < -0.3 is 5.32 Å². The van der Waals surface area contributed by atoms with E-state index in [1.807, 2.05) is 6.07 Å². The molecule has 3 aromatic heterocycles. The molecule has 0 aliphatic rings. The van der Waals surface area contributed by atoms with E-state index in [1.165, 1.54) is 4.40 Å². The van der Waals surface area contributed by atoms with Crippen LogP contribution in [0.5, 0.6) is 0 Å². The summed E-state index contributed by atoms with van der Waals surface area (Å²) in [5, 5.41) is 2.67. The Kier molecular flexibility index (Phi) is 3.65. The van der Waals surface area contributed by atoms with Crippen molar-refractivity contribution in [1.82, 2.24) is 14.4 Å². The van der Waals surface area contributed by atoms with E-state index in [4.69, 9.17) is 0 Å². The molecule has 0 saturated heterocycles. The highest BCUT2D eigenvalue weighted by Crippen LogP contribution is 2.06. The molecule has 0 spiro atoms. The summed E-state index contributed by atoms with van der Waals surface area (Å²) >= 11 is 0. The van der Waals surface area contributed by atoms with Crippen LogP contribution in [0.2, 0.25) is 0 Å². The second-order valence-corrected chi connectivity index (χ2v) is 4.85. The second-order valence-electron chi connectivity index (χ2n) is 4.85. The number of nitrogens with one attached hydrogen (secondary N) is 1. The number of rotatable bonds is 3. The van der Waals surface area contributed by atoms with Crippen molar-refractivity contribution >= 4 is 17.4 Å². The van der Waals surface area contributed by atoms with Gasteiger partial charge in [0.2, 0.25) is 5.91 Å². The molecule has 0 bridgehead atoms. The Balaban J connectivity index is 1.91. The van der Waals surface area contributed by atoms with Gasteiger partial charge in [0.25, 0.3) is 5.56 Å². The van der Waals surface area contributed by atoms with Crippen molar-refractivity contribution in [2.45, 2.75) is 13.3 Å². The lowest BCUT2D eigenvalue weighted by molar-refractivity contribution is -0.115. The Morgan fingerprint density at radius 3 is 2.82 bits per heavy atom. The first-order chi connectivity index (χ1) is 10.6. The molecule has 6 nitrogen and oxygen atoms in total. The maximum Gasteiger partial charge on any atom is 0.261 e. The van der Waals surface area contributed by atoms with Crippen molar-refractivity contribution < 1.29 is 4.79 Å². The predicted molar refractivity (Wildman–Crippen MR) is 82.8 cm³/mol. The lowest BCUT2D eigenvalue weighted by Crippen LogP contribution is -2.26. The number of pyridine rings is 2. The van der Waals surface area contributed by atoms with E-state index >= 15 is 0 Å². The fraction of sp³-hybridized carbons (Fsp3) is 0.125. The molecule has 0 radical (unpaired) electrons. The van der Waals surface area contributed by atoms with Crippen LogP contribution in [0.3, 0.4) is 0 Å². The molecule has 1 amide bonds. The summed E-state index contributed by atoms with van der Waals surface area (Å²) in [6.07, 6.45) is 3.20. The van der Waals surface area contributed by atoms with Crippen LogP contribution in [0.15, 0.2) is 53.6 Å². The molecule has 0 saturated carbocycles. The van der Waals surface area contributed by atoms with Crippen LogP contribution in [0.1, 0.15) is 11.3 Å². The molecule has 0 unspecified atom stereocenters. The van der Waals surface area contributed by atoms with Gasteiger partial charge in [-0.3, -0.25) is 14.0 Å². The summed E-state index contributed by atoms with van der Waals surface area (Å²) in [4.78, 5) is 32.9. The zero-order chi connectivity index (χ0) is 15.5. The highest BCUT2D eigenvalue weighted by Gasteiger charge is 2.13. The third kappa shape index (κ3) is 2.71. The Bertz CT molecular complexity index is 888. The lowest BCUT2D eigenvalue weighted by Gasteiger charge is -2.08. The number of fused-ring (bicyclic) bond motifs is 1. The van der Waals surface area contributed by atoms with Gasteiger partial charge in [-0.05, 0) is 31.2 Å². The van der Waals surface area contributed by atoms with Crippen LogP contribution in [0, 0.1) is 6.92 Å². The van der Waals surface area contributed by atoms with Gasteiger partial charge in [-0.2, -0.15) is 0 Å². The van der Waals surface area contributed by atoms with Gasteiger partial charge in [-0.25, -0.2) is 9.97 Å². The summed E-state index contributed by atoms with van der Waals surface area (Å²) in [5.74, 6) is 0.163. The van der Waals surface area contributed by atoms with E-state index in [0.29, 0.717) is 22.7 Å². The third-order valence-electron chi connectivity index (χ3n) is 3.30. The van der Waals surface area contributed by atoms with E-state index in [9.17, 15) is 9.59 Å². The highest BCUT2D eigenvalue weighted by molar-refractivity contribution is 5.91. The topological polar surface area (TPSA) is 76.4 Å². The van der Waals surface area contributed by atoms with Crippen LogP contribution >= 0.6 is 0 Å². The molecule has 3 heterocycles. The number of nitrogens with zero attached hydrogens (tertiary/aromatic N) is 3. The van der Waals surface area contributed by atoms with E-state index in [1.54, 1.807) is 49.6 Å². The maximum absolute atomic E-state index is 12.5. The number of hydrogen-bond acceptors (Lipinski definition) is 4. The number of hydrogen-bond donors (Lipinski definition) is 1. The molecule has 0 fully saturated rings. The number of aryl methyl sites for hydroxylation is 1. The fourth-order valence-corrected chi connectivity index (χ4v) is 2.22. The van der Waals surface area contributed by atoms with Crippen LogP contribution < -0.4 is 10.9 Å². The minimum absolute atomic E-state index is 0.0356. The summed E-state index contributed by atoms with van der Waals surface area (Å²) < 4.78 is 1.44. The average Bonchev–Trinajstić information content (AvgIpc) is 2.52. The zero-order valence-corrected chi connectivity index (χ0v) is 12.0. The SMILES string of the molecule is Cc1nc2ccccn2c(=O)c1CC(=O)Nc1ccccn1. The first-order valence-electron chi connectivity index (χ1n) is 6.83. The van der Waals surface area contributed by atoms with Crippen molar-refractivity contribution in [3.8, 4) is 0 Å². The van der Waals surface area contributed by atoms with Gasteiger partial charge in [-0.1, -0.05) is 12.1 Å². The summed E-state index contributed by atoms with van der Waals surface area (Å²) in [6, 6.07) is 10.6. The molecule has 3 aromatic rings. The molecular formula is C16H14N4O2. The minimum Gasteiger partial charge on any atom is -0.310 e. The van der Waals surface area contributed by atoms with E-state index < -0.39 is 0 Å². The lowest BCUT2D eigenvalue weighted by atomic mass is 10.1. The van der Waals surface area contributed by atoms with Crippen molar-refractivity contribution in [2.24, 2.45) is 0 Å². The minimum atomic E-state index is -0.295. The molecule has 1 N–H and O–H groups in total. The molecule has 0 aliphatic carbocycles. The highest BCUT2D eigenvalue weighted by atomic mass is 16.2. The zero-order valence-electron chi connectivity index (χ0n) is 12.0. The number of carbonyl (C=O) groups is 1.